The van der Waals surface area contributed by atoms with Crippen LogP contribution < -0.4 is 0 Å². The highest BCUT2D eigenvalue weighted by Crippen LogP contribution is 2.21. The molecule has 0 aromatic carbocycles. The first-order chi connectivity index (χ1) is 6.30. The molecule has 1 fully saturated rings. The van der Waals surface area contributed by atoms with Crippen LogP contribution in [0.3, 0.4) is 0 Å². The fourth-order valence-electron chi connectivity index (χ4n) is 1.32. The minimum atomic E-state index is -4.29. The summed E-state index contributed by atoms with van der Waals surface area (Å²) in [6.07, 6.45) is 0.261. The molecule has 0 bridgehead atoms. The fourth-order valence-corrected chi connectivity index (χ4v) is 2.01. The second-order valence-electron chi connectivity index (χ2n) is 3.49. The summed E-state index contributed by atoms with van der Waals surface area (Å²) in [4.78, 5) is 12.7. The van der Waals surface area contributed by atoms with Crippen LogP contribution in [-0.2, 0) is 19.6 Å². The number of ether oxygens (including phenoxy) is 1. The summed E-state index contributed by atoms with van der Waals surface area (Å²) in [6, 6.07) is -0.205. The Kier molecular flexibility index (Phi) is 3.13. The molecule has 0 aromatic rings. The number of nitrogens with zero attached hydrogens (tertiary/aromatic N) is 1. The molecule has 0 amide bonds. The zero-order valence-corrected chi connectivity index (χ0v) is 8.82. The molecule has 1 aliphatic rings. The third kappa shape index (κ3) is 2.66. The van der Waals surface area contributed by atoms with Gasteiger partial charge in [-0.1, -0.05) is 0 Å². The molecule has 1 N–H and O–H groups in total. The summed E-state index contributed by atoms with van der Waals surface area (Å²) in [5, 5.41) is 0. The number of rotatable bonds is 2. The number of carbonyl (C=O) groups excluding carboxylic acids is 1. The molecule has 1 saturated heterocycles. The maximum absolute atomic E-state index is 11.0. The normalized spacial score (nSPS) is 29.0. The van der Waals surface area contributed by atoms with Gasteiger partial charge in [-0.2, -0.15) is 8.42 Å². The Hall–Kier alpha value is -0.660. The number of hydrogen-bond acceptors (Lipinski definition) is 5. The summed E-state index contributed by atoms with van der Waals surface area (Å²) in [5.74, 6) is -0.599. The van der Waals surface area contributed by atoms with Crippen LogP contribution in [0.25, 0.3) is 0 Å². The van der Waals surface area contributed by atoms with Gasteiger partial charge in [-0.15, -0.1) is 0 Å². The molecule has 0 radical (unpaired) electrons. The highest BCUT2D eigenvalue weighted by molar-refractivity contribution is 7.86. The van der Waals surface area contributed by atoms with Crippen molar-refractivity contribution in [1.82, 2.24) is 4.90 Å². The number of carbonyl (C=O) groups is 1. The molecule has 0 aliphatic carbocycles. The number of cyclic esters (lactones) is 1. The van der Waals surface area contributed by atoms with E-state index in [0.29, 0.717) is 0 Å². The maximum Gasteiger partial charge on any atom is 0.308 e. The zero-order chi connectivity index (χ0) is 10.9. The van der Waals surface area contributed by atoms with Crippen LogP contribution in [-0.4, -0.2) is 49.4 Å². The van der Waals surface area contributed by atoms with E-state index in [9.17, 15) is 13.2 Å². The van der Waals surface area contributed by atoms with Crippen LogP contribution in [0.15, 0.2) is 0 Å². The van der Waals surface area contributed by atoms with Crippen molar-refractivity contribution in [3.8, 4) is 0 Å². The lowest BCUT2D eigenvalue weighted by Crippen LogP contribution is -2.43. The predicted molar refractivity (Wildman–Crippen MR) is 48.1 cm³/mol. The molecule has 1 heterocycles. The van der Waals surface area contributed by atoms with Gasteiger partial charge in [-0.05, 0) is 14.1 Å². The molecule has 2 unspecified atom stereocenters. The standard InChI is InChI=1S/C7H13NO5S/c1-8(2)5-3-6(9)13-7(4-5)14(10,11)12/h5,7H,3-4H2,1-2H3,(H,10,11,12). The summed E-state index contributed by atoms with van der Waals surface area (Å²) in [7, 11) is -0.814. The molecule has 0 spiro atoms. The molecule has 2 atom stereocenters. The van der Waals surface area contributed by atoms with Gasteiger partial charge >= 0.3 is 16.1 Å². The van der Waals surface area contributed by atoms with Gasteiger partial charge in [0.25, 0.3) is 0 Å². The summed E-state index contributed by atoms with van der Waals surface area (Å²) in [5.41, 5.74) is -1.42. The van der Waals surface area contributed by atoms with Crippen LogP contribution in [0.1, 0.15) is 12.8 Å². The van der Waals surface area contributed by atoms with Gasteiger partial charge in [-0.25, -0.2) is 0 Å². The summed E-state index contributed by atoms with van der Waals surface area (Å²) < 4.78 is 34.8. The van der Waals surface area contributed by atoms with Crippen LogP contribution in [0.4, 0.5) is 0 Å². The van der Waals surface area contributed by atoms with Crippen molar-refractivity contribution < 1.29 is 22.5 Å². The molecule has 0 saturated carbocycles. The van der Waals surface area contributed by atoms with E-state index >= 15 is 0 Å². The lowest BCUT2D eigenvalue weighted by molar-refractivity contribution is -0.152. The second kappa shape index (κ2) is 3.84. The Bertz CT molecular complexity index is 323. The molecule has 82 valence electrons. The van der Waals surface area contributed by atoms with Gasteiger partial charge in [0.05, 0.1) is 6.42 Å². The van der Waals surface area contributed by atoms with E-state index in [-0.39, 0.29) is 18.9 Å². The van der Waals surface area contributed by atoms with Gasteiger partial charge < -0.3 is 9.64 Å². The van der Waals surface area contributed by atoms with Gasteiger partial charge in [0.2, 0.25) is 5.44 Å². The van der Waals surface area contributed by atoms with Crippen molar-refractivity contribution in [3.63, 3.8) is 0 Å². The monoisotopic (exact) mass is 223 g/mol. The van der Waals surface area contributed by atoms with Gasteiger partial charge in [-0.3, -0.25) is 9.35 Å². The Morgan fingerprint density at radius 3 is 2.50 bits per heavy atom. The lowest BCUT2D eigenvalue weighted by Gasteiger charge is -2.30. The third-order valence-corrected chi connectivity index (χ3v) is 3.15. The topological polar surface area (TPSA) is 83.9 Å². The Morgan fingerprint density at radius 1 is 1.50 bits per heavy atom. The second-order valence-corrected chi connectivity index (χ2v) is 5.05. The van der Waals surface area contributed by atoms with Crippen molar-refractivity contribution in [2.75, 3.05) is 14.1 Å². The molecular formula is C7H13NO5S. The third-order valence-electron chi connectivity index (χ3n) is 2.19. The quantitative estimate of drug-likeness (QED) is 0.500. The molecule has 1 rings (SSSR count). The van der Waals surface area contributed by atoms with E-state index in [1.54, 1.807) is 19.0 Å². The van der Waals surface area contributed by atoms with E-state index in [4.69, 9.17) is 4.55 Å². The Balaban J connectivity index is 2.78. The van der Waals surface area contributed by atoms with E-state index in [2.05, 4.69) is 4.74 Å². The van der Waals surface area contributed by atoms with Crippen LogP contribution in [0.2, 0.25) is 0 Å². The van der Waals surface area contributed by atoms with Crippen LogP contribution >= 0.6 is 0 Å². The largest absolute Gasteiger partial charge is 0.443 e. The fraction of sp³-hybridized carbons (Fsp3) is 0.857. The molecular weight excluding hydrogens is 210 g/mol. The molecule has 0 aromatic heterocycles. The predicted octanol–water partition coefficient (Wildman–Crippen LogP) is -0.532. The highest BCUT2D eigenvalue weighted by Gasteiger charge is 2.36. The van der Waals surface area contributed by atoms with Crippen molar-refractivity contribution in [3.05, 3.63) is 0 Å². The molecule has 7 heteroatoms. The minimum Gasteiger partial charge on any atom is -0.443 e. The average molecular weight is 223 g/mol. The van der Waals surface area contributed by atoms with Gasteiger partial charge in [0, 0.05) is 12.5 Å². The Labute approximate surface area is 82.6 Å². The SMILES string of the molecule is CN(C)C1CC(=O)OC(S(=O)(=O)O)C1. The summed E-state index contributed by atoms with van der Waals surface area (Å²) in [6.45, 7) is 0. The summed E-state index contributed by atoms with van der Waals surface area (Å²) >= 11 is 0. The van der Waals surface area contributed by atoms with Crippen molar-refractivity contribution >= 4 is 16.1 Å². The minimum absolute atomic E-state index is 0.109. The number of hydrogen-bond donors (Lipinski definition) is 1. The van der Waals surface area contributed by atoms with E-state index < -0.39 is 21.5 Å². The first kappa shape index (κ1) is 11.4. The van der Waals surface area contributed by atoms with Crippen LogP contribution in [0, 0.1) is 0 Å². The van der Waals surface area contributed by atoms with E-state index in [1.165, 1.54) is 0 Å². The maximum atomic E-state index is 11.0. The average Bonchev–Trinajstić information content (AvgIpc) is 2.01. The van der Waals surface area contributed by atoms with Crippen molar-refractivity contribution in [1.29, 1.82) is 0 Å². The smallest absolute Gasteiger partial charge is 0.308 e. The molecule has 1 aliphatic heterocycles. The lowest BCUT2D eigenvalue weighted by atomic mass is 10.1. The first-order valence-electron chi connectivity index (χ1n) is 4.13. The van der Waals surface area contributed by atoms with Crippen LogP contribution in [0.5, 0.6) is 0 Å². The van der Waals surface area contributed by atoms with E-state index in [0.717, 1.165) is 0 Å². The van der Waals surface area contributed by atoms with E-state index in [1.807, 2.05) is 0 Å². The molecule has 14 heavy (non-hydrogen) atoms. The van der Waals surface area contributed by atoms with Gasteiger partial charge in [0.1, 0.15) is 0 Å². The Morgan fingerprint density at radius 2 is 2.07 bits per heavy atom. The molecule has 6 nitrogen and oxygen atoms in total. The van der Waals surface area contributed by atoms with Crippen molar-refractivity contribution in [2.24, 2.45) is 0 Å². The number of esters is 1. The zero-order valence-electron chi connectivity index (χ0n) is 8.00. The van der Waals surface area contributed by atoms with Crippen molar-refractivity contribution in [2.45, 2.75) is 24.3 Å². The van der Waals surface area contributed by atoms with Gasteiger partial charge in [0.15, 0.2) is 0 Å². The first-order valence-corrected chi connectivity index (χ1v) is 5.63. The highest BCUT2D eigenvalue weighted by atomic mass is 32.2.